The summed E-state index contributed by atoms with van der Waals surface area (Å²) in [4.78, 5) is 42.7. The Bertz CT molecular complexity index is 1350. The van der Waals surface area contributed by atoms with Crippen molar-refractivity contribution in [2.45, 2.75) is 133 Å². The number of hydrogen-bond acceptors (Lipinski definition) is 11. The maximum absolute atomic E-state index is 13.2. The van der Waals surface area contributed by atoms with E-state index >= 15 is 0 Å². The average Bonchev–Trinajstić information content (AvgIpc) is 3.68. The third-order valence-electron chi connectivity index (χ3n) is 11.3. The van der Waals surface area contributed by atoms with Gasteiger partial charge in [-0.05, 0) is 57.1 Å². The van der Waals surface area contributed by atoms with Crippen LogP contribution in [0.1, 0.15) is 112 Å². The van der Waals surface area contributed by atoms with E-state index in [0.29, 0.717) is 66.8 Å². The topological polar surface area (TPSA) is 218 Å². The highest BCUT2D eigenvalue weighted by Crippen LogP contribution is 2.38. The lowest BCUT2D eigenvalue weighted by Crippen LogP contribution is -2.49. The van der Waals surface area contributed by atoms with Crippen molar-refractivity contribution in [2.75, 3.05) is 58.2 Å². The van der Waals surface area contributed by atoms with Crippen molar-refractivity contribution in [2.24, 2.45) is 5.92 Å². The molecule has 0 aliphatic carbocycles. The fourth-order valence-electron chi connectivity index (χ4n) is 7.84. The number of nitrogens with zero attached hydrogens (tertiary/aromatic N) is 2. The van der Waals surface area contributed by atoms with E-state index in [2.05, 4.69) is 15.5 Å². The predicted octanol–water partition coefficient (Wildman–Crippen LogP) is 2.13. The summed E-state index contributed by atoms with van der Waals surface area (Å²) in [5.74, 6) is 0.902. The molecule has 0 bridgehead atoms. The van der Waals surface area contributed by atoms with E-state index in [0.717, 1.165) is 109 Å². The Balaban J connectivity index is 1.01. The van der Waals surface area contributed by atoms with Crippen molar-refractivity contribution in [3.05, 3.63) is 22.2 Å². The Morgan fingerprint density at radius 3 is 2.20 bits per heavy atom. The molecule has 3 aliphatic heterocycles. The van der Waals surface area contributed by atoms with Gasteiger partial charge in [0.15, 0.2) is 0 Å². The van der Waals surface area contributed by atoms with Crippen LogP contribution in [-0.4, -0.2) is 136 Å². The van der Waals surface area contributed by atoms with Crippen molar-refractivity contribution in [1.29, 1.82) is 0 Å². The lowest BCUT2D eigenvalue weighted by atomic mass is 9.93. The molecular weight excluding hydrogens is 718 g/mol. The summed E-state index contributed by atoms with van der Waals surface area (Å²) in [5.41, 5.74) is 7.87. The van der Waals surface area contributed by atoms with Crippen LogP contribution in [0.3, 0.4) is 0 Å². The number of anilines is 1. The number of hydrogen-bond donors (Lipinski definition) is 8. The van der Waals surface area contributed by atoms with Gasteiger partial charge in [0.05, 0.1) is 35.6 Å². The molecule has 1 aromatic rings. The quantitative estimate of drug-likeness (QED) is 0.0630. The first-order chi connectivity index (χ1) is 26.0. The number of ether oxygens (including phenoxy) is 1. The minimum atomic E-state index is -1.72. The summed E-state index contributed by atoms with van der Waals surface area (Å²) in [6.07, 6.45) is 8.21. The number of likely N-dealkylation sites (tertiary alicyclic amines) is 2. The van der Waals surface area contributed by atoms with E-state index in [1.807, 2.05) is 4.90 Å². The van der Waals surface area contributed by atoms with Gasteiger partial charge in [0.2, 0.25) is 11.8 Å². The average molecular weight is 782 g/mol. The molecule has 306 valence electrons. The zero-order valence-corrected chi connectivity index (χ0v) is 32.5. The summed E-state index contributed by atoms with van der Waals surface area (Å²) in [6, 6.07) is 1.89. The molecule has 14 nitrogen and oxygen atoms in total. The van der Waals surface area contributed by atoms with Crippen LogP contribution in [0, 0.1) is 5.92 Å². The standard InChI is InChI=1S/C39H64ClN5O9/c40-30-21-29(38-28(35(30)41)16-20-54-38)39(53)43-22-27-11-9-10-17-45(27)24-26-14-18-44(19-15-26)34(50)13-8-6-4-2-1-3-5-7-12-33(49)42-23-31(47)36(51)37(52)32(48)25-46/h21,26-27,31-32,36-37,46-48,51-52H,1-20,22-25,41H2,(H,42,49)(H,43,53)/t27?,31-,32+,36+,37+/m0/s1. The van der Waals surface area contributed by atoms with Gasteiger partial charge in [0.1, 0.15) is 24.1 Å². The maximum atomic E-state index is 13.2. The number of piperidine rings is 2. The molecule has 9 N–H and O–H groups in total. The van der Waals surface area contributed by atoms with Gasteiger partial charge in [0, 0.05) is 63.6 Å². The molecule has 1 aromatic carbocycles. The highest BCUT2D eigenvalue weighted by Gasteiger charge is 2.31. The molecule has 0 saturated carbocycles. The van der Waals surface area contributed by atoms with Crippen LogP contribution < -0.4 is 21.1 Å². The van der Waals surface area contributed by atoms with Crippen molar-refractivity contribution in [1.82, 2.24) is 20.4 Å². The molecule has 1 unspecified atom stereocenters. The summed E-state index contributed by atoms with van der Waals surface area (Å²) in [5, 5.41) is 53.6. The molecule has 5 atom stereocenters. The minimum Gasteiger partial charge on any atom is -0.492 e. The molecule has 54 heavy (non-hydrogen) atoms. The largest absolute Gasteiger partial charge is 0.492 e. The molecule has 2 fully saturated rings. The number of aliphatic hydroxyl groups excluding tert-OH is 5. The Morgan fingerprint density at radius 1 is 0.870 bits per heavy atom. The SMILES string of the molecule is Nc1c(Cl)cc(C(=O)NCC2CCCCN2CC2CCN(C(=O)CCCCCCCCCCC(=O)NC[C@H](O)[C@@H](O)[C@H](O)[C@H](O)CO)CC2)c2c1CCO2. The smallest absolute Gasteiger partial charge is 0.255 e. The van der Waals surface area contributed by atoms with E-state index in [9.17, 15) is 34.8 Å². The molecule has 0 radical (unpaired) electrons. The molecule has 0 aromatic heterocycles. The van der Waals surface area contributed by atoms with Crippen molar-refractivity contribution in [3.8, 4) is 5.75 Å². The molecule has 15 heteroatoms. The Morgan fingerprint density at radius 2 is 1.52 bits per heavy atom. The van der Waals surface area contributed by atoms with Crippen LogP contribution in [0.4, 0.5) is 5.69 Å². The van der Waals surface area contributed by atoms with Gasteiger partial charge in [-0.1, -0.05) is 56.5 Å². The Labute approximate surface area is 324 Å². The minimum absolute atomic E-state index is 0.181. The maximum Gasteiger partial charge on any atom is 0.255 e. The van der Waals surface area contributed by atoms with Crippen LogP contribution in [0.5, 0.6) is 5.75 Å². The third kappa shape index (κ3) is 13.2. The molecule has 3 aliphatic rings. The molecule has 0 spiro atoms. The molecular formula is C39H64ClN5O9. The highest BCUT2D eigenvalue weighted by molar-refractivity contribution is 6.33. The number of carbonyl (C=O) groups excluding carboxylic acids is 3. The predicted molar refractivity (Wildman–Crippen MR) is 206 cm³/mol. The number of halogens is 1. The first-order valence-corrected chi connectivity index (χ1v) is 20.5. The number of fused-ring (bicyclic) bond motifs is 1. The lowest BCUT2D eigenvalue weighted by Gasteiger charge is -2.40. The number of amides is 3. The molecule has 4 rings (SSSR count). The van der Waals surface area contributed by atoms with Gasteiger partial charge in [-0.3, -0.25) is 19.3 Å². The van der Waals surface area contributed by atoms with Gasteiger partial charge in [-0.2, -0.15) is 0 Å². The van der Waals surface area contributed by atoms with Crippen LogP contribution in [0.2, 0.25) is 5.02 Å². The van der Waals surface area contributed by atoms with Crippen LogP contribution >= 0.6 is 11.6 Å². The number of nitrogen functional groups attached to an aromatic ring is 1. The van der Waals surface area contributed by atoms with Crippen molar-refractivity contribution in [3.63, 3.8) is 0 Å². The van der Waals surface area contributed by atoms with Crippen LogP contribution in [0.15, 0.2) is 6.07 Å². The monoisotopic (exact) mass is 781 g/mol. The normalized spacial score (nSPS) is 20.1. The van der Waals surface area contributed by atoms with E-state index in [-0.39, 0.29) is 30.3 Å². The third-order valence-corrected chi connectivity index (χ3v) is 11.6. The zero-order chi connectivity index (χ0) is 39.0. The van der Waals surface area contributed by atoms with Crippen LogP contribution in [-0.2, 0) is 16.0 Å². The number of nitrogens with two attached hydrogens (primary N) is 1. The van der Waals surface area contributed by atoms with Gasteiger partial charge >= 0.3 is 0 Å². The second kappa shape index (κ2) is 22.7. The fourth-order valence-corrected chi connectivity index (χ4v) is 8.06. The van der Waals surface area contributed by atoms with Gasteiger partial charge in [-0.25, -0.2) is 0 Å². The van der Waals surface area contributed by atoms with Gasteiger partial charge in [0.25, 0.3) is 5.91 Å². The molecule has 2 saturated heterocycles. The van der Waals surface area contributed by atoms with E-state index in [1.165, 1.54) is 0 Å². The molecule has 3 amide bonds. The van der Waals surface area contributed by atoms with E-state index < -0.39 is 31.0 Å². The second-order valence-electron chi connectivity index (χ2n) is 15.3. The Hall–Kier alpha value is -2.72. The number of carbonyl (C=O) groups is 3. The van der Waals surface area contributed by atoms with Crippen molar-refractivity contribution < 1.29 is 44.7 Å². The van der Waals surface area contributed by atoms with Gasteiger partial charge in [-0.15, -0.1) is 0 Å². The number of rotatable bonds is 22. The number of nitrogens with one attached hydrogen (secondary N) is 2. The first-order valence-electron chi connectivity index (χ1n) is 20.1. The Kier molecular flexibility index (Phi) is 18.5. The summed E-state index contributed by atoms with van der Waals surface area (Å²) < 4.78 is 5.74. The number of benzene rings is 1. The summed E-state index contributed by atoms with van der Waals surface area (Å²) in [6.45, 7) is 3.67. The van der Waals surface area contributed by atoms with Crippen molar-refractivity contribution >= 4 is 35.0 Å². The lowest BCUT2D eigenvalue weighted by molar-refractivity contribution is -0.132. The first kappa shape index (κ1) is 44.0. The molecule has 3 heterocycles. The van der Waals surface area contributed by atoms with Crippen LogP contribution in [0.25, 0.3) is 0 Å². The van der Waals surface area contributed by atoms with Gasteiger partial charge < -0.3 is 51.5 Å². The number of unbranched alkanes of at least 4 members (excludes halogenated alkanes) is 7. The number of aliphatic hydroxyl groups is 5. The second-order valence-corrected chi connectivity index (χ2v) is 15.7. The fraction of sp³-hybridized carbons (Fsp3) is 0.769. The summed E-state index contributed by atoms with van der Waals surface area (Å²) >= 11 is 6.33. The van der Waals surface area contributed by atoms with E-state index in [4.69, 9.17) is 27.2 Å². The summed E-state index contributed by atoms with van der Waals surface area (Å²) in [7, 11) is 0. The zero-order valence-electron chi connectivity index (χ0n) is 31.7. The van der Waals surface area contributed by atoms with E-state index in [1.54, 1.807) is 6.07 Å². The highest BCUT2D eigenvalue weighted by atomic mass is 35.5.